The molecule has 0 saturated carbocycles. The van der Waals surface area contributed by atoms with Crippen molar-refractivity contribution in [2.45, 2.75) is 52.3 Å². The van der Waals surface area contributed by atoms with Crippen LogP contribution in [-0.4, -0.2) is 93.0 Å². The highest BCUT2D eigenvalue weighted by molar-refractivity contribution is 6.32. The number of ether oxygens (including phenoxy) is 3. The predicted molar refractivity (Wildman–Crippen MR) is 181 cm³/mol. The molecule has 6 rings (SSSR count). The quantitative estimate of drug-likeness (QED) is 0.367. The van der Waals surface area contributed by atoms with E-state index in [1.807, 2.05) is 43.9 Å². The molecule has 4 aliphatic rings. The lowest BCUT2D eigenvalue weighted by Gasteiger charge is -2.28. The summed E-state index contributed by atoms with van der Waals surface area (Å²) >= 11 is 12.2. The van der Waals surface area contributed by atoms with Gasteiger partial charge in [0.25, 0.3) is 0 Å². The van der Waals surface area contributed by atoms with E-state index in [0.717, 1.165) is 43.8 Å². The smallest absolute Gasteiger partial charge is 0.410 e. The second kappa shape index (κ2) is 14.3. The van der Waals surface area contributed by atoms with Gasteiger partial charge in [-0.1, -0.05) is 35.3 Å². The van der Waals surface area contributed by atoms with E-state index < -0.39 is 5.60 Å². The molecule has 2 aromatic rings. The van der Waals surface area contributed by atoms with Gasteiger partial charge in [-0.3, -0.25) is 9.80 Å². The van der Waals surface area contributed by atoms with Gasteiger partial charge in [0, 0.05) is 51.4 Å². The lowest BCUT2D eigenvalue weighted by Crippen LogP contribution is -2.37. The van der Waals surface area contributed by atoms with Crippen molar-refractivity contribution in [3.63, 3.8) is 0 Å². The molecule has 8 nitrogen and oxygen atoms in total. The lowest BCUT2D eigenvalue weighted by molar-refractivity contribution is 0.0272. The standard InChI is InChI=1S/C20H29ClN2O3.C15H21ClN2O/c1-13(14-6-7-17(21)18(8-14)25-5)22-9-15-11-23(12-16(15)10-22)19(24)26-20(2,3)4;1-10(11-3-4-14(16)15(5-11)19-2)18-8-12-6-17-7-13(12)9-18/h6-8,13,15-16H,9-12H2,1-5H3;3-5,10,12-13,17H,6-9H2,1-2H3. The number of carbonyl (C=O) groups excluding carboxylic acids is 1. The molecule has 10 heteroatoms. The molecular weight excluding hydrogens is 611 g/mol. The summed E-state index contributed by atoms with van der Waals surface area (Å²) < 4.78 is 16.2. The van der Waals surface area contributed by atoms with E-state index in [2.05, 4.69) is 47.2 Å². The Morgan fingerprint density at radius 1 is 0.756 bits per heavy atom. The van der Waals surface area contributed by atoms with E-state index in [1.54, 1.807) is 14.2 Å². The van der Waals surface area contributed by atoms with Crippen LogP contribution in [-0.2, 0) is 4.74 Å². The SMILES string of the molecule is COc1cc(C(C)N2CC3CN(C(=O)OC(C)(C)C)CC3C2)ccc1Cl.COc1cc(C(C)N2CC3CNCC3C2)ccc1Cl. The van der Waals surface area contributed by atoms with Crippen LogP contribution in [0.25, 0.3) is 0 Å². The Hall–Kier alpha value is -2.23. The van der Waals surface area contributed by atoms with Crippen LogP contribution < -0.4 is 14.8 Å². The van der Waals surface area contributed by atoms with Crippen LogP contribution in [0.15, 0.2) is 36.4 Å². The van der Waals surface area contributed by atoms with Crippen molar-refractivity contribution in [3.05, 3.63) is 57.6 Å². The van der Waals surface area contributed by atoms with Crippen LogP contribution in [0.3, 0.4) is 0 Å². The molecule has 1 N–H and O–H groups in total. The fraction of sp³-hybridized carbons (Fsp3) is 0.629. The molecule has 4 aliphatic heterocycles. The van der Waals surface area contributed by atoms with Crippen LogP contribution in [0.2, 0.25) is 10.0 Å². The maximum Gasteiger partial charge on any atom is 0.410 e. The highest BCUT2D eigenvalue weighted by atomic mass is 35.5. The molecule has 4 fully saturated rings. The predicted octanol–water partition coefficient (Wildman–Crippen LogP) is 6.77. The lowest BCUT2D eigenvalue weighted by atomic mass is 10.0. The third kappa shape index (κ3) is 8.02. The fourth-order valence-electron chi connectivity index (χ4n) is 7.32. The molecule has 0 bridgehead atoms. The van der Waals surface area contributed by atoms with Gasteiger partial charge < -0.3 is 24.4 Å². The van der Waals surface area contributed by atoms with Crippen LogP contribution in [0.1, 0.15) is 57.8 Å². The Morgan fingerprint density at radius 2 is 1.18 bits per heavy atom. The third-order valence-corrected chi connectivity index (χ3v) is 10.6. The zero-order valence-electron chi connectivity index (χ0n) is 27.8. The summed E-state index contributed by atoms with van der Waals surface area (Å²) in [5, 5.41) is 4.80. The topological polar surface area (TPSA) is 66.5 Å². The van der Waals surface area contributed by atoms with Gasteiger partial charge in [-0.05, 0) is 107 Å². The molecule has 0 aliphatic carbocycles. The summed E-state index contributed by atoms with van der Waals surface area (Å²) in [6.07, 6.45) is -0.186. The monoisotopic (exact) mass is 660 g/mol. The van der Waals surface area contributed by atoms with Gasteiger partial charge in [-0.15, -0.1) is 0 Å². The van der Waals surface area contributed by atoms with E-state index >= 15 is 0 Å². The van der Waals surface area contributed by atoms with Crippen LogP contribution in [0.4, 0.5) is 4.79 Å². The number of carbonyl (C=O) groups is 1. The van der Waals surface area contributed by atoms with Gasteiger partial charge in [-0.25, -0.2) is 4.79 Å². The van der Waals surface area contributed by atoms with Crippen molar-refractivity contribution in [1.29, 1.82) is 0 Å². The Morgan fingerprint density at radius 3 is 1.58 bits per heavy atom. The van der Waals surface area contributed by atoms with Crippen molar-refractivity contribution in [2.75, 3.05) is 66.6 Å². The average Bonchev–Trinajstić information content (AvgIpc) is 3.77. The summed E-state index contributed by atoms with van der Waals surface area (Å²) in [6.45, 7) is 18.5. The largest absolute Gasteiger partial charge is 0.495 e. The number of hydrogen-bond acceptors (Lipinski definition) is 7. The number of benzene rings is 2. The minimum absolute atomic E-state index is 0.186. The van der Waals surface area contributed by atoms with E-state index in [4.69, 9.17) is 37.4 Å². The van der Waals surface area contributed by atoms with Crippen LogP contribution in [0.5, 0.6) is 11.5 Å². The first kappa shape index (κ1) is 34.1. The number of fused-ring (bicyclic) bond motifs is 2. The maximum absolute atomic E-state index is 12.3. The zero-order chi connectivity index (χ0) is 32.5. The number of hydrogen-bond donors (Lipinski definition) is 1. The molecule has 4 saturated heterocycles. The summed E-state index contributed by atoms with van der Waals surface area (Å²) in [7, 11) is 3.31. The molecule has 0 radical (unpaired) electrons. The number of amides is 1. The van der Waals surface area contributed by atoms with E-state index in [9.17, 15) is 4.79 Å². The van der Waals surface area contributed by atoms with Crippen molar-refractivity contribution in [1.82, 2.24) is 20.0 Å². The van der Waals surface area contributed by atoms with Gasteiger partial charge in [0.2, 0.25) is 0 Å². The highest BCUT2D eigenvalue weighted by Crippen LogP contribution is 2.38. The number of nitrogens with one attached hydrogen (secondary N) is 1. The number of likely N-dealkylation sites (tertiary alicyclic amines) is 3. The Bertz CT molecular complexity index is 1310. The summed E-state index contributed by atoms with van der Waals surface area (Å²) in [5.74, 6) is 4.17. The first-order valence-electron chi connectivity index (χ1n) is 16.2. The Balaban J connectivity index is 0.000000186. The van der Waals surface area contributed by atoms with Crippen molar-refractivity contribution < 1.29 is 19.0 Å². The molecule has 2 aromatic carbocycles. The Kier molecular flexibility index (Phi) is 10.8. The molecule has 6 atom stereocenters. The number of nitrogens with zero attached hydrogens (tertiary/aromatic N) is 3. The highest BCUT2D eigenvalue weighted by Gasteiger charge is 2.44. The van der Waals surface area contributed by atoms with Gasteiger partial charge >= 0.3 is 6.09 Å². The molecule has 248 valence electrons. The first-order chi connectivity index (χ1) is 21.4. The van der Waals surface area contributed by atoms with E-state index in [1.165, 1.54) is 37.3 Å². The maximum atomic E-state index is 12.3. The fourth-order valence-corrected chi connectivity index (χ4v) is 7.71. The third-order valence-electron chi connectivity index (χ3n) is 9.99. The van der Waals surface area contributed by atoms with E-state index in [-0.39, 0.29) is 6.09 Å². The number of rotatable bonds is 6. The van der Waals surface area contributed by atoms with E-state index in [0.29, 0.717) is 39.7 Å². The summed E-state index contributed by atoms with van der Waals surface area (Å²) in [4.78, 5) is 19.2. The summed E-state index contributed by atoms with van der Waals surface area (Å²) in [5.41, 5.74) is 2.05. The zero-order valence-corrected chi connectivity index (χ0v) is 29.3. The number of methoxy groups -OCH3 is 2. The molecule has 4 heterocycles. The minimum Gasteiger partial charge on any atom is -0.495 e. The minimum atomic E-state index is -0.441. The second-order valence-electron chi connectivity index (χ2n) is 14.1. The van der Waals surface area contributed by atoms with Crippen LogP contribution >= 0.6 is 23.2 Å². The Labute approximate surface area is 279 Å². The molecule has 6 unspecified atom stereocenters. The molecule has 45 heavy (non-hydrogen) atoms. The average molecular weight is 662 g/mol. The van der Waals surface area contributed by atoms with Crippen LogP contribution in [0, 0.1) is 23.7 Å². The molecular formula is C35H50Cl2N4O4. The first-order valence-corrected chi connectivity index (χ1v) is 17.0. The van der Waals surface area contributed by atoms with Crippen molar-refractivity contribution >= 4 is 29.3 Å². The molecule has 0 spiro atoms. The summed E-state index contributed by atoms with van der Waals surface area (Å²) in [6, 6.07) is 12.8. The molecule has 0 aromatic heterocycles. The second-order valence-corrected chi connectivity index (χ2v) is 14.9. The number of halogens is 2. The van der Waals surface area contributed by atoms with Gasteiger partial charge in [0.1, 0.15) is 17.1 Å². The van der Waals surface area contributed by atoms with Crippen molar-refractivity contribution in [2.24, 2.45) is 23.7 Å². The normalized spacial score (nSPS) is 26.1. The molecule has 1 amide bonds. The van der Waals surface area contributed by atoms with Gasteiger partial charge in [0.15, 0.2) is 0 Å². The van der Waals surface area contributed by atoms with Crippen molar-refractivity contribution in [3.8, 4) is 11.5 Å². The van der Waals surface area contributed by atoms with Gasteiger partial charge in [-0.2, -0.15) is 0 Å². The van der Waals surface area contributed by atoms with Gasteiger partial charge in [0.05, 0.1) is 24.3 Å².